The van der Waals surface area contributed by atoms with E-state index in [2.05, 4.69) is 26.1 Å². The molecule has 6 heterocycles. The van der Waals surface area contributed by atoms with E-state index in [0.717, 1.165) is 19.3 Å². The van der Waals surface area contributed by atoms with Gasteiger partial charge in [0.05, 0.1) is 16.5 Å². The number of halogens is 4. The third-order valence-electron chi connectivity index (χ3n) is 10.3. The van der Waals surface area contributed by atoms with E-state index in [1.807, 2.05) is 4.90 Å². The van der Waals surface area contributed by atoms with E-state index in [1.165, 1.54) is 37.4 Å². The average Bonchev–Trinajstić information content (AvgIpc) is 3.75. The van der Waals surface area contributed by atoms with Crippen LogP contribution in [0.25, 0.3) is 32.9 Å². The van der Waals surface area contributed by atoms with Gasteiger partial charge in [-0.1, -0.05) is 12.0 Å². The molecule has 2 aromatic heterocycles. The highest BCUT2D eigenvalue weighted by Crippen LogP contribution is 2.44. The number of ether oxygens (including phenoxy) is 2. The second kappa shape index (κ2) is 12.0. The van der Waals surface area contributed by atoms with Crippen molar-refractivity contribution >= 4 is 33.5 Å². The van der Waals surface area contributed by atoms with Crippen LogP contribution in [0.4, 0.5) is 23.4 Å². The molecule has 2 unspecified atom stereocenters. The minimum absolute atomic E-state index is 0.0565. The van der Waals surface area contributed by atoms with E-state index >= 15 is 4.39 Å². The number of fused-ring (bicyclic) bond motifs is 5. The van der Waals surface area contributed by atoms with Crippen LogP contribution in [0, 0.1) is 24.0 Å². The largest absolute Gasteiger partial charge is 0.461 e. The third-order valence-corrected chi connectivity index (χ3v) is 10.3. The lowest BCUT2D eigenvalue weighted by atomic mass is 9.94. The summed E-state index contributed by atoms with van der Waals surface area (Å²) in [5, 5.41) is 4.58. The Morgan fingerprint density at radius 3 is 2.69 bits per heavy atom. The van der Waals surface area contributed by atoms with Crippen molar-refractivity contribution in [1.82, 2.24) is 25.2 Å². The number of esters is 1. The Labute approximate surface area is 279 Å². The second-order valence-electron chi connectivity index (χ2n) is 13.4. The Kier molecular flexibility index (Phi) is 7.68. The normalized spacial score (nSPS) is 23.3. The molecule has 0 spiro atoms. The molecule has 1 N–H and O–H groups in total. The summed E-state index contributed by atoms with van der Waals surface area (Å²) in [6.45, 7) is 3.42. The molecule has 0 aliphatic carbocycles. The topological polar surface area (TPSA) is 92.7 Å². The minimum atomic E-state index is -1.66. The van der Waals surface area contributed by atoms with Gasteiger partial charge in [0.15, 0.2) is 5.82 Å². The van der Waals surface area contributed by atoms with Gasteiger partial charge in [-0.25, -0.2) is 8.78 Å². The fraction of sp³-hybridized carbons (Fsp3) is 0.389. The molecule has 4 aliphatic heterocycles. The summed E-state index contributed by atoms with van der Waals surface area (Å²) >= 11 is 0. The summed E-state index contributed by atoms with van der Waals surface area (Å²) in [5.74, 6) is 0.816. The van der Waals surface area contributed by atoms with Crippen LogP contribution >= 0.6 is 0 Å². The lowest BCUT2D eigenvalue weighted by Gasteiger charge is -2.34. The first-order chi connectivity index (χ1) is 23.6. The fourth-order valence-corrected chi connectivity index (χ4v) is 8.12. The summed E-state index contributed by atoms with van der Waals surface area (Å²) in [5.41, 5.74) is -0.770. The van der Waals surface area contributed by atoms with Gasteiger partial charge in [-0.15, -0.1) is 6.42 Å². The summed E-state index contributed by atoms with van der Waals surface area (Å²) in [7, 11) is 0. The van der Waals surface area contributed by atoms with Crippen LogP contribution in [0.15, 0.2) is 42.1 Å². The molecule has 9 nitrogen and oxygen atoms in total. The maximum absolute atomic E-state index is 17.0. The standard InChI is InChI=1S/C36H32F4N6O3/c1-3-25-28(37)8-5-20-11-24(49-19(2)47)12-26(29(20)25)31-30(38)32-27(14-41-31)34(45-16-22-6-7-23(17-45)42-22)44-35(43-32)48-18-36-9-4-10-46(36)15-21(13-36)33(39)40/h1,5,8,11-12,14,22-23,42H,4,6-7,9-10,13,15-18H2,2H3/t22?,23?,36-/m0/s1. The molecule has 0 saturated carbocycles. The predicted molar refractivity (Wildman–Crippen MR) is 174 cm³/mol. The van der Waals surface area contributed by atoms with Crippen molar-refractivity contribution in [2.45, 2.75) is 56.7 Å². The van der Waals surface area contributed by atoms with Gasteiger partial charge in [0, 0.05) is 61.4 Å². The van der Waals surface area contributed by atoms with Crippen LogP contribution in [-0.4, -0.2) is 76.2 Å². The van der Waals surface area contributed by atoms with Crippen LogP contribution in [0.5, 0.6) is 11.8 Å². The van der Waals surface area contributed by atoms with Gasteiger partial charge >= 0.3 is 12.0 Å². The predicted octanol–water partition coefficient (Wildman–Crippen LogP) is 5.74. The van der Waals surface area contributed by atoms with Gasteiger partial charge < -0.3 is 19.7 Å². The molecule has 0 amide bonds. The SMILES string of the molecule is C#Cc1c(F)ccc2cc(OC(C)=O)cc(-c3ncc4c(N5CC6CCC(C5)N6)nc(OC[C@@]56CCCN5CC(=C(F)F)C6)nc4c3F)c12. The first-order valence-corrected chi connectivity index (χ1v) is 16.3. The quantitative estimate of drug-likeness (QED) is 0.119. The summed E-state index contributed by atoms with van der Waals surface area (Å²) in [6.07, 6.45) is 9.25. The van der Waals surface area contributed by atoms with Crippen LogP contribution in [-0.2, 0) is 4.79 Å². The molecule has 0 radical (unpaired) electrons. The lowest BCUT2D eigenvalue weighted by Crippen LogP contribution is -2.51. The van der Waals surface area contributed by atoms with E-state index in [4.69, 9.17) is 20.9 Å². The van der Waals surface area contributed by atoms with Crippen LogP contribution in [0.2, 0.25) is 0 Å². The van der Waals surface area contributed by atoms with Crippen molar-refractivity contribution in [3.63, 3.8) is 0 Å². The number of hydrogen-bond acceptors (Lipinski definition) is 9. The number of hydrogen-bond donors (Lipinski definition) is 1. The molecule has 13 heteroatoms. The lowest BCUT2D eigenvalue weighted by molar-refractivity contribution is -0.131. The molecule has 3 atom stereocenters. The maximum Gasteiger partial charge on any atom is 0.319 e. The number of rotatable bonds is 6. The van der Waals surface area contributed by atoms with E-state index in [9.17, 15) is 18.0 Å². The van der Waals surface area contributed by atoms with Crippen molar-refractivity contribution < 1.29 is 31.8 Å². The van der Waals surface area contributed by atoms with Gasteiger partial charge in [-0.3, -0.25) is 14.7 Å². The first-order valence-electron chi connectivity index (χ1n) is 16.3. The average molecular weight is 673 g/mol. The number of carbonyl (C=O) groups excluding carboxylic acids is 1. The highest BCUT2D eigenvalue weighted by molar-refractivity contribution is 6.03. The molecular formula is C36H32F4N6O3. The van der Waals surface area contributed by atoms with Crippen molar-refractivity contribution in [2.75, 3.05) is 37.7 Å². The Morgan fingerprint density at radius 1 is 1.16 bits per heavy atom. The van der Waals surface area contributed by atoms with Gasteiger partial charge in [0.2, 0.25) is 0 Å². The summed E-state index contributed by atoms with van der Waals surface area (Å²) < 4.78 is 70.8. The van der Waals surface area contributed by atoms with Gasteiger partial charge in [-0.05, 0) is 62.2 Å². The van der Waals surface area contributed by atoms with E-state index < -0.39 is 29.2 Å². The molecule has 252 valence electrons. The first kappa shape index (κ1) is 31.5. The monoisotopic (exact) mass is 672 g/mol. The maximum atomic E-state index is 17.0. The van der Waals surface area contributed by atoms with Crippen LogP contribution in [0.1, 0.15) is 44.6 Å². The number of pyridine rings is 1. The van der Waals surface area contributed by atoms with Gasteiger partial charge in [0.1, 0.15) is 35.2 Å². The molecule has 4 aliphatic rings. The Balaban J connectivity index is 1.28. The van der Waals surface area contributed by atoms with E-state index in [1.54, 1.807) is 0 Å². The van der Waals surface area contributed by atoms with Crippen molar-refractivity contribution in [3.05, 3.63) is 59.3 Å². The van der Waals surface area contributed by atoms with Crippen LogP contribution < -0.4 is 19.7 Å². The smallest absolute Gasteiger partial charge is 0.319 e. The number of piperazine rings is 1. The van der Waals surface area contributed by atoms with Crippen molar-refractivity contribution in [1.29, 1.82) is 0 Å². The molecule has 4 aromatic rings. The van der Waals surface area contributed by atoms with Crippen molar-refractivity contribution in [3.8, 4) is 35.4 Å². The Morgan fingerprint density at radius 2 is 1.96 bits per heavy atom. The number of nitrogens with one attached hydrogen (secondary N) is 1. The fourth-order valence-electron chi connectivity index (χ4n) is 8.12. The number of anilines is 1. The molecule has 49 heavy (non-hydrogen) atoms. The molecule has 2 aromatic carbocycles. The summed E-state index contributed by atoms with van der Waals surface area (Å²) in [4.78, 5) is 29.8. The number of aromatic nitrogens is 3. The number of carbonyl (C=O) groups is 1. The zero-order valence-electron chi connectivity index (χ0n) is 26.7. The Bertz CT molecular complexity index is 2100. The van der Waals surface area contributed by atoms with Crippen molar-refractivity contribution in [2.24, 2.45) is 0 Å². The molecule has 8 rings (SSSR count). The molecule has 4 saturated heterocycles. The highest BCUT2D eigenvalue weighted by Gasteiger charge is 2.48. The third kappa shape index (κ3) is 5.43. The Hall–Kier alpha value is -4.80. The highest BCUT2D eigenvalue weighted by atomic mass is 19.3. The van der Waals surface area contributed by atoms with Gasteiger partial charge in [0.25, 0.3) is 6.08 Å². The van der Waals surface area contributed by atoms with E-state index in [0.29, 0.717) is 42.6 Å². The second-order valence-corrected chi connectivity index (χ2v) is 13.4. The zero-order valence-corrected chi connectivity index (χ0v) is 26.7. The number of nitrogens with zero attached hydrogens (tertiary/aromatic N) is 5. The molecule has 4 fully saturated rings. The number of benzene rings is 2. The molecule has 2 bridgehead atoms. The van der Waals surface area contributed by atoms with E-state index in [-0.39, 0.29) is 76.7 Å². The minimum Gasteiger partial charge on any atom is -0.461 e. The van der Waals surface area contributed by atoms with Gasteiger partial charge in [-0.2, -0.15) is 18.7 Å². The zero-order chi connectivity index (χ0) is 34.0. The number of terminal acetylenes is 1. The van der Waals surface area contributed by atoms with Crippen LogP contribution in [0.3, 0.4) is 0 Å². The summed E-state index contributed by atoms with van der Waals surface area (Å²) in [6, 6.07) is 5.98. The molecular weight excluding hydrogens is 640 g/mol.